The summed E-state index contributed by atoms with van der Waals surface area (Å²) in [5, 5.41) is 4.06. The second kappa shape index (κ2) is 11.3. The largest absolute Gasteiger partial charge is 0.494 e. The lowest BCUT2D eigenvalue weighted by Crippen LogP contribution is -2.41. The van der Waals surface area contributed by atoms with Crippen molar-refractivity contribution in [1.82, 2.24) is 16.3 Å². The van der Waals surface area contributed by atoms with Gasteiger partial charge in [-0.1, -0.05) is 25.5 Å². The van der Waals surface area contributed by atoms with Gasteiger partial charge in [0.2, 0.25) is 0 Å². The molecule has 166 valence electrons. The fourth-order valence-electron chi connectivity index (χ4n) is 3.26. The topological polar surface area (TPSA) is 93.2 Å². The summed E-state index contributed by atoms with van der Waals surface area (Å²) in [6.45, 7) is 2.87. The Bertz CT molecular complexity index is 886. The summed E-state index contributed by atoms with van der Waals surface area (Å²) in [6, 6.07) is 13.0. The number of rotatable bonds is 10. The predicted molar refractivity (Wildman–Crippen MR) is 120 cm³/mol. The molecule has 2 aromatic carbocycles. The first kappa shape index (κ1) is 22.6. The molecule has 31 heavy (non-hydrogen) atoms. The number of benzene rings is 2. The molecule has 2 aromatic rings. The average Bonchev–Trinajstić information content (AvgIpc) is 3.30. The highest BCUT2D eigenvalue weighted by atomic mass is 16.5. The van der Waals surface area contributed by atoms with Crippen molar-refractivity contribution in [3.05, 3.63) is 53.6 Å². The molecule has 1 heterocycles. The van der Waals surface area contributed by atoms with E-state index in [-0.39, 0.29) is 18.0 Å². The second-order valence-corrected chi connectivity index (χ2v) is 7.25. The Morgan fingerprint density at radius 1 is 1.13 bits per heavy atom. The van der Waals surface area contributed by atoms with Gasteiger partial charge in [0.15, 0.2) is 11.5 Å². The minimum Gasteiger partial charge on any atom is -0.494 e. The molecule has 2 atom stereocenters. The van der Waals surface area contributed by atoms with Crippen molar-refractivity contribution < 1.29 is 19.0 Å². The van der Waals surface area contributed by atoms with E-state index in [9.17, 15) is 4.79 Å². The molecule has 1 aliphatic heterocycles. The summed E-state index contributed by atoms with van der Waals surface area (Å²) in [5.41, 5.74) is 10.7. The number of ether oxygens (including phenoxy) is 3. The van der Waals surface area contributed by atoms with E-state index in [0.29, 0.717) is 17.9 Å². The van der Waals surface area contributed by atoms with Crippen molar-refractivity contribution in [2.24, 2.45) is 5.10 Å². The lowest BCUT2D eigenvalue weighted by molar-refractivity contribution is -0.122. The van der Waals surface area contributed by atoms with Gasteiger partial charge in [-0.2, -0.15) is 5.10 Å². The van der Waals surface area contributed by atoms with Crippen LogP contribution in [0.15, 0.2) is 47.6 Å². The van der Waals surface area contributed by atoms with Gasteiger partial charge in [-0.05, 0) is 54.3 Å². The molecule has 2 unspecified atom stereocenters. The van der Waals surface area contributed by atoms with Crippen LogP contribution in [0.2, 0.25) is 0 Å². The van der Waals surface area contributed by atoms with E-state index >= 15 is 0 Å². The number of hydrazine groups is 1. The molecule has 1 aliphatic rings. The molecule has 0 radical (unpaired) electrons. The van der Waals surface area contributed by atoms with E-state index < -0.39 is 0 Å². The lowest BCUT2D eigenvalue weighted by atomic mass is 10.0. The minimum atomic E-state index is -0.381. The molecule has 0 bridgehead atoms. The zero-order valence-electron chi connectivity index (χ0n) is 18.2. The lowest BCUT2D eigenvalue weighted by Gasteiger charge is -2.11. The molecular weight excluding hydrogens is 396 g/mol. The van der Waals surface area contributed by atoms with E-state index in [2.05, 4.69) is 28.3 Å². The van der Waals surface area contributed by atoms with Gasteiger partial charge in [-0.3, -0.25) is 4.79 Å². The van der Waals surface area contributed by atoms with Gasteiger partial charge >= 0.3 is 0 Å². The SMILES string of the molecule is CCCCOc1ccc(C2CC(C(=O)N/N=C/c3ccc(OC)c(OC)c3)NN2)cc1. The number of methoxy groups -OCH3 is 2. The van der Waals surface area contributed by atoms with Gasteiger partial charge in [0.25, 0.3) is 5.91 Å². The number of carbonyl (C=O) groups is 1. The van der Waals surface area contributed by atoms with Crippen LogP contribution in [0.3, 0.4) is 0 Å². The number of nitrogens with one attached hydrogen (secondary N) is 3. The van der Waals surface area contributed by atoms with Gasteiger partial charge in [0.05, 0.1) is 27.0 Å². The Hall–Kier alpha value is -3.10. The quantitative estimate of drug-likeness (QED) is 0.307. The molecule has 8 heteroatoms. The van der Waals surface area contributed by atoms with Gasteiger partial charge in [0.1, 0.15) is 11.8 Å². The third-order valence-electron chi connectivity index (χ3n) is 5.06. The standard InChI is InChI=1S/C23H30N4O4/c1-4-5-12-31-18-9-7-17(8-10-18)19-14-20(26-25-19)23(28)27-24-15-16-6-11-21(29-2)22(13-16)30-3/h6-11,13,15,19-20,25-26H,4-5,12,14H2,1-3H3,(H,27,28)/b24-15+. The van der Waals surface area contributed by atoms with Crippen LogP contribution in [-0.4, -0.2) is 39.0 Å². The van der Waals surface area contributed by atoms with Crippen molar-refractivity contribution >= 4 is 12.1 Å². The van der Waals surface area contributed by atoms with Crippen molar-refractivity contribution in [2.45, 2.75) is 38.3 Å². The van der Waals surface area contributed by atoms with Crippen LogP contribution in [0, 0.1) is 0 Å². The number of unbranched alkanes of at least 4 members (excludes halogenated alkanes) is 1. The number of amides is 1. The van der Waals surface area contributed by atoms with Crippen LogP contribution in [0.25, 0.3) is 0 Å². The summed E-state index contributed by atoms with van der Waals surface area (Å²) in [5.74, 6) is 1.90. The van der Waals surface area contributed by atoms with E-state index in [1.54, 1.807) is 32.6 Å². The highest BCUT2D eigenvalue weighted by molar-refractivity contribution is 5.85. The van der Waals surface area contributed by atoms with Crippen LogP contribution in [-0.2, 0) is 4.79 Å². The van der Waals surface area contributed by atoms with Gasteiger partial charge in [0, 0.05) is 6.04 Å². The fraction of sp³-hybridized carbons (Fsp3) is 0.391. The summed E-state index contributed by atoms with van der Waals surface area (Å²) < 4.78 is 16.2. The van der Waals surface area contributed by atoms with Crippen LogP contribution < -0.4 is 30.5 Å². The normalized spacial score (nSPS) is 18.2. The molecular formula is C23H30N4O4. The number of hydrogen-bond donors (Lipinski definition) is 3. The van der Waals surface area contributed by atoms with Crippen molar-refractivity contribution in [3.8, 4) is 17.2 Å². The average molecular weight is 427 g/mol. The van der Waals surface area contributed by atoms with Crippen LogP contribution >= 0.6 is 0 Å². The van der Waals surface area contributed by atoms with Crippen LogP contribution in [0.1, 0.15) is 43.4 Å². The second-order valence-electron chi connectivity index (χ2n) is 7.25. The monoisotopic (exact) mass is 426 g/mol. The van der Waals surface area contributed by atoms with Crippen molar-refractivity contribution in [3.63, 3.8) is 0 Å². The molecule has 3 rings (SSSR count). The summed E-state index contributed by atoms with van der Waals surface area (Å²) in [7, 11) is 3.15. The van der Waals surface area contributed by atoms with E-state index in [4.69, 9.17) is 14.2 Å². The number of hydrogen-bond acceptors (Lipinski definition) is 7. The Morgan fingerprint density at radius 2 is 1.90 bits per heavy atom. The van der Waals surface area contributed by atoms with Gasteiger partial charge in [-0.25, -0.2) is 16.3 Å². The Balaban J connectivity index is 1.49. The minimum absolute atomic E-state index is 0.0373. The highest BCUT2D eigenvalue weighted by Crippen LogP contribution is 2.27. The molecule has 0 aliphatic carbocycles. The van der Waals surface area contributed by atoms with Crippen molar-refractivity contribution in [1.29, 1.82) is 0 Å². The predicted octanol–water partition coefficient (Wildman–Crippen LogP) is 2.94. The molecule has 3 N–H and O–H groups in total. The van der Waals surface area contributed by atoms with Crippen LogP contribution in [0.4, 0.5) is 0 Å². The highest BCUT2D eigenvalue weighted by Gasteiger charge is 2.30. The molecule has 0 spiro atoms. The number of hydrazone groups is 1. The van der Waals surface area contributed by atoms with Gasteiger partial charge < -0.3 is 14.2 Å². The molecule has 1 fully saturated rings. The van der Waals surface area contributed by atoms with E-state index in [0.717, 1.165) is 36.3 Å². The first-order chi connectivity index (χ1) is 15.1. The summed E-state index contributed by atoms with van der Waals surface area (Å²) in [6.07, 6.45) is 4.34. The molecule has 1 saturated heterocycles. The first-order valence-electron chi connectivity index (χ1n) is 10.4. The third-order valence-corrected chi connectivity index (χ3v) is 5.06. The Morgan fingerprint density at radius 3 is 2.61 bits per heavy atom. The smallest absolute Gasteiger partial charge is 0.258 e. The van der Waals surface area contributed by atoms with E-state index in [1.807, 2.05) is 30.3 Å². The third kappa shape index (κ3) is 6.19. The Labute approximate surface area is 182 Å². The molecule has 8 nitrogen and oxygen atoms in total. The zero-order chi connectivity index (χ0) is 22.1. The molecule has 0 saturated carbocycles. The fourth-order valence-corrected chi connectivity index (χ4v) is 3.26. The number of carbonyl (C=O) groups excluding carboxylic acids is 1. The van der Waals surface area contributed by atoms with Crippen molar-refractivity contribution in [2.75, 3.05) is 20.8 Å². The van der Waals surface area contributed by atoms with E-state index in [1.165, 1.54) is 0 Å². The molecule has 1 amide bonds. The number of nitrogens with zero attached hydrogens (tertiary/aromatic N) is 1. The Kier molecular flexibility index (Phi) is 8.26. The zero-order valence-corrected chi connectivity index (χ0v) is 18.2. The summed E-state index contributed by atoms with van der Waals surface area (Å²) >= 11 is 0. The maximum Gasteiger partial charge on any atom is 0.258 e. The first-order valence-corrected chi connectivity index (χ1v) is 10.4. The van der Waals surface area contributed by atoms with Gasteiger partial charge in [-0.15, -0.1) is 0 Å². The maximum atomic E-state index is 12.4. The summed E-state index contributed by atoms with van der Waals surface area (Å²) in [4.78, 5) is 12.4. The van der Waals surface area contributed by atoms with Crippen LogP contribution in [0.5, 0.6) is 17.2 Å². The molecule has 0 aromatic heterocycles. The maximum absolute atomic E-state index is 12.4.